The van der Waals surface area contributed by atoms with Crippen molar-refractivity contribution < 1.29 is 28.4 Å². The van der Waals surface area contributed by atoms with Crippen molar-refractivity contribution in [1.82, 2.24) is 10.5 Å². The van der Waals surface area contributed by atoms with E-state index in [-0.39, 0.29) is 11.6 Å². The quantitative estimate of drug-likeness (QED) is 0.0986. The van der Waals surface area contributed by atoms with Crippen LogP contribution in [0.3, 0.4) is 0 Å². The molecule has 0 bridgehead atoms. The number of nitrogens with one attached hydrogen (secondary N) is 3. The smallest absolute Gasteiger partial charge is 0.272 e. The van der Waals surface area contributed by atoms with Crippen LogP contribution in [0.2, 0.25) is 0 Å². The van der Waals surface area contributed by atoms with Gasteiger partial charge in [-0.1, -0.05) is 59.8 Å². The molecule has 1 aromatic heterocycles. The molecule has 0 radical (unpaired) electrons. The van der Waals surface area contributed by atoms with Crippen LogP contribution in [0.1, 0.15) is 32.5 Å². The highest BCUT2D eigenvalue weighted by Gasteiger charge is 2.24. The molecule has 47 heavy (non-hydrogen) atoms. The Kier molecular flexibility index (Phi) is 10.7. The van der Waals surface area contributed by atoms with Crippen molar-refractivity contribution in [2.24, 2.45) is 0 Å². The van der Waals surface area contributed by atoms with E-state index in [1.165, 1.54) is 24.9 Å². The van der Waals surface area contributed by atoms with Crippen LogP contribution in [0.15, 0.2) is 124 Å². The third-order valence-corrected chi connectivity index (χ3v) is 8.08. The molecule has 3 amide bonds. The summed E-state index contributed by atoms with van der Waals surface area (Å²) >= 11 is 1.31. The summed E-state index contributed by atoms with van der Waals surface area (Å²) in [5.41, 5.74) is 2.17. The highest BCUT2D eigenvalue weighted by molar-refractivity contribution is 8.00. The van der Waals surface area contributed by atoms with Gasteiger partial charge in [0.1, 0.15) is 28.2 Å². The summed E-state index contributed by atoms with van der Waals surface area (Å²) in [5, 5.41) is 11.7. The molecule has 1 heterocycles. The molecular formula is C36H32N4O6S. The van der Waals surface area contributed by atoms with E-state index in [0.717, 1.165) is 10.5 Å². The standard InChI is InChI=1S/C36H32N4O6S/c1-23-19-32(40-46-23)39-36(43)33(24-11-6-4-7-12-24)47-29-16-10-15-27(21-29)37-35(42)30(38-34(41)25-13-8-5-9-14-25)20-26-17-18-28(44-2)22-31(26)45-3/h4-22,33H,1-3H3,(H,37,42)(H,38,41)(H,39,40,43)/b30-20+. The zero-order valence-electron chi connectivity index (χ0n) is 25.9. The summed E-state index contributed by atoms with van der Waals surface area (Å²) in [5.74, 6) is 0.619. The zero-order valence-corrected chi connectivity index (χ0v) is 26.7. The molecule has 11 heteroatoms. The molecule has 1 unspecified atom stereocenters. The lowest BCUT2D eigenvalue weighted by molar-refractivity contribution is -0.116. The van der Waals surface area contributed by atoms with Crippen molar-refractivity contribution in [2.75, 3.05) is 24.9 Å². The molecule has 0 aliphatic rings. The molecule has 10 nitrogen and oxygen atoms in total. The maximum atomic E-state index is 13.7. The summed E-state index contributed by atoms with van der Waals surface area (Å²) in [6, 6.07) is 31.8. The van der Waals surface area contributed by atoms with Gasteiger partial charge in [0.05, 0.1) is 14.2 Å². The monoisotopic (exact) mass is 648 g/mol. The van der Waals surface area contributed by atoms with Crippen molar-refractivity contribution in [1.29, 1.82) is 0 Å². The SMILES string of the molecule is COc1ccc(/C=C(/NC(=O)c2ccccc2)C(=O)Nc2cccc(SC(C(=O)Nc3cc(C)on3)c3ccccc3)c2)c(OC)c1. The van der Waals surface area contributed by atoms with Gasteiger partial charge in [-0.2, -0.15) is 0 Å². The van der Waals surface area contributed by atoms with Gasteiger partial charge in [-0.15, -0.1) is 11.8 Å². The first-order chi connectivity index (χ1) is 22.8. The Labute approximate surface area is 276 Å². The average Bonchev–Trinajstić information content (AvgIpc) is 3.51. The van der Waals surface area contributed by atoms with E-state index in [4.69, 9.17) is 14.0 Å². The van der Waals surface area contributed by atoms with Gasteiger partial charge in [0.25, 0.3) is 11.8 Å². The van der Waals surface area contributed by atoms with Crippen LogP contribution in [0.5, 0.6) is 11.5 Å². The van der Waals surface area contributed by atoms with Gasteiger partial charge in [-0.25, -0.2) is 0 Å². The second-order valence-electron chi connectivity index (χ2n) is 10.2. The lowest BCUT2D eigenvalue weighted by Gasteiger charge is -2.17. The lowest BCUT2D eigenvalue weighted by Crippen LogP contribution is -2.30. The number of ether oxygens (including phenoxy) is 2. The number of methoxy groups -OCH3 is 2. The van der Waals surface area contributed by atoms with Gasteiger partial charge in [0.15, 0.2) is 5.82 Å². The first-order valence-electron chi connectivity index (χ1n) is 14.5. The maximum absolute atomic E-state index is 13.7. The van der Waals surface area contributed by atoms with Crippen LogP contribution in [0.25, 0.3) is 6.08 Å². The minimum atomic E-state index is -0.637. The largest absolute Gasteiger partial charge is 0.497 e. The fraction of sp³-hybridized carbons (Fsp3) is 0.111. The molecule has 0 spiro atoms. The van der Waals surface area contributed by atoms with Crippen LogP contribution in [0.4, 0.5) is 11.5 Å². The summed E-state index contributed by atoms with van der Waals surface area (Å²) in [7, 11) is 3.05. The average molecular weight is 649 g/mol. The van der Waals surface area contributed by atoms with Gasteiger partial charge >= 0.3 is 0 Å². The molecule has 238 valence electrons. The van der Waals surface area contributed by atoms with Crippen LogP contribution in [-0.4, -0.2) is 37.1 Å². The fourth-order valence-electron chi connectivity index (χ4n) is 4.54. The third kappa shape index (κ3) is 8.68. The summed E-state index contributed by atoms with van der Waals surface area (Å²) in [4.78, 5) is 41.0. The van der Waals surface area contributed by atoms with E-state index in [9.17, 15) is 14.4 Å². The molecular weight excluding hydrogens is 616 g/mol. The van der Waals surface area contributed by atoms with Gasteiger partial charge in [0.2, 0.25) is 5.91 Å². The number of amides is 3. The molecule has 1 atom stereocenters. The van der Waals surface area contributed by atoms with E-state index in [2.05, 4.69) is 21.1 Å². The van der Waals surface area contributed by atoms with Gasteiger partial charge in [-0.05, 0) is 61.0 Å². The molecule has 4 aromatic carbocycles. The molecule has 0 saturated carbocycles. The summed E-state index contributed by atoms with van der Waals surface area (Å²) in [6.45, 7) is 1.74. The second kappa shape index (κ2) is 15.5. The molecule has 0 saturated heterocycles. The van der Waals surface area contributed by atoms with Crippen LogP contribution in [0, 0.1) is 6.92 Å². The molecule has 5 aromatic rings. The van der Waals surface area contributed by atoms with E-state index < -0.39 is 17.1 Å². The number of aryl methyl sites for hydroxylation is 1. The van der Waals surface area contributed by atoms with Crippen molar-refractivity contribution >= 4 is 47.1 Å². The van der Waals surface area contributed by atoms with Gasteiger partial charge in [-0.3, -0.25) is 14.4 Å². The number of rotatable bonds is 12. The Hall–Kier alpha value is -5.81. The Morgan fingerprint density at radius 2 is 1.57 bits per heavy atom. The lowest BCUT2D eigenvalue weighted by atomic mass is 10.1. The number of carbonyl (C=O) groups is 3. The normalized spacial score (nSPS) is 11.7. The number of aromatic nitrogens is 1. The van der Waals surface area contributed by atoms with Crippen LogP contribution < -0.4 is 25.4 Å². The van der Waals surface area contributed by atoms with Crippen molar-refractivity contribution in [2.45, 2.75) is 17.1 Å². The molecule has 5 rings (SSSR count). The van der Waals surface area contributed by atoms with Gasteiger partial charge in [0, 0.05) is 33.8 Å². The Morgan fingerprint density at radius 1 is 0.830 bits per heavy atom. The zero-order chi connectivity index (χ0) is 33.2. The maximum Gasteiger partial charge on any atom is 0.272 e. The van der Waals surface area contributed by atoms with E-state index in [1.807, 2.05) is 36.4 Å². The minimum Gasteiger partial charge on any atom is -0.497 e. The first-order valence-corrected chi connectivity index (χ1v) is 15.4. The third-order valence-electron chi connectivity index (χ3n) is 6.83. The fourth-order valence-corrected chi connectivity index (χ4v) is 5.62. The number of benzene rings is 4. The van der Waals surface area contributed by atoms with Crippen molar-refractivity contribution in [3.05, 3.63) is 137 Å². The Morgan fingerprint density at radius 3 is 2.26 bits per heavy atom. The Balaban J connectivity index is 1.40. The Bertz CT molecular complexity index is 1890. The first kappa shape index (κ1) is 32.6. The molecule has 0 aliphatic heterocycles. The number of nitrogens with zero attached hydrogens (tertiary/aromatic N) is 1. The predicted octanol–water partition coefficient (Wildman–Crippen LogP) is 6.88. The molecule has 0 aliphatic carbocycles. The molecule has 0 fully saturated rings. The van der Waals surface area contributed by atoms with Gasteiger partial charge < -0.3 is 29.9 Å². The number of anilines is 2. The highest BCUT2D eigenvalue weighted by Crippen LogP contribution is 2.37. The summed E-state index contributed by atoms with van der Waals surface area (Å²) < 4.78 is 15.9. The van der Waals surface area contributed by atoms with Crippen LogP contribution >= 0.6 is 11.8 Å². The number of hydrogen-bond acceptors (Lipinski definition) is 8. The van der Waals surface area contributed by atoms with E-state index in [0.29, 0.717) is 39.9 Å². The van der Waals surface area contributed by atoms with E-state index in [1.54, 1.807) is 86.8 Å². The number of carbonyl (C=O) groups excluding carboxylic acids is 3. The second-order valence-corrected chi connectivity index (χ2v) is 11.4. The highest BCUT2D eigenvalue weighted by atomic mass is 32.2. The predicted molar refractivity (Wildman–Crippen MR) is 181 cm³/mol. The number of thioether (sulfide) groups is 1. The van der Waals surface area contributed by atoms with Crippen molar-refractivity contribution in [3.63, 3.8) is 0 Å². The molecule has 3 N–H and O–H groups in total. The minimum absolute atomic E-state index is 0.00942. The topological polar surface area (TPSA) is 132 Å². The number of hydrogen-bond donors (Lipinski definition) is 3. The van der Waals surface area contributed by atoms with Crippen molar-refractivity contribution in [3.8, 4) is 11.5 Å². The summed E-state index contributed by atoms with van der Waals surface area (Å²) in [6.07, 6.45) is 1.54. The van der Waals surface area contributed by atoms with E-state index >= 15 is 0 Å². The van der Waals surface area contributed by atoms with Crippen LogP contribution in [-0.2, 0) is 9.59 Å².